The summed E-state index contributed by atoms with van der Waals surface area (Å²) in [7, 11) is 5.12. The molecule has 0 aliphatic carbocycles. The average molecular weight is 328 g/mol. The number of hydrogen-bond donors (Lipinski definition) is 2. The maximum absolute atomic E-state index is 12.5. The third kappa shape index (κ3) is 4.49. The summed E-state index contributed by atoms with van der Waals surface area (Å²) >= 11 is 0. The van der Waals surface area contributed by atoms with E-state index in [2.05, 4.69) is 10.6 Å². The Morgan fingerprint density at radius 2 is 1.83 bits per heavy atom. The van der Waals surface area contributed by atoms with Gasteiger partial charge in [-0.1, -0.05) is 18.2 Å². The molecule has 2 rings (SSSR count). The second-order valence-electron chi connectivity index (χ2n) is 5.37. The van der Waals surface area contributed by atoms with Gasteiger partial charge in [0.1, 0.15) is 11.5 Å². The molecule has 0 saturated heterocycles. The van der Waals surface area contributed by atoms with Crippen LogP contribution in [0.4, 0.5) is 0 Å². The van der Waals surface area contributed by atoms with Gasteiger partial charge in [0, 0.05) is 23.7 Å². The van der Waals surface area contributed by atoms with Crippen LogP contribution in [-0.2, 0) is 13.0 Å². The van der Waals surface area contributed by atoms with E-state index in [1.807, 2.05) is 49.5 Å². The number of methoxy groups -OCH3 is 2. The molecule has 0 unspecified atom stereocenters. The second kappa shape index (κ2) is 8.93. The molecule has 2 N–H and O–H groups in total. The number of amides is 1. The predicted octanol–water partition coefficient (Wildman–Crippen LogP) is 2.40. The fraction of sp³-hybridized carbons (Fsp3) is 0.316. The Morgan fingerprint density at radius 3 is 2.54 bits per heavy atom. The molecule has 0 saturated carbocycles. The van der Waals surface area contributed by atoms with Gasteiger partial charge >= 0.3 is 0 Å². The number of carbonyl (C=O) groups excluding carboxylic acids is 1. The van der Waals surface area contributed by atoms with Crippen LogP contribution in [0.5, 0.6) is 11.5 Å². The third-order valence-electron chi connectivity index (χ3n) is 3.84. The number of likely N-dealkylation sites (N-methyl/N-ethyl adjacent to an activating group) is 1. The van der Waals surface area contributed by atoms with Crippen LogP contribution < -0.4 is 20.1 Å². The number of rotatable bonds is 8. The molecule has 0 fully saturated rings. The number of nitrogens with one attached hydrogen (secondary N) is 2. The van der Waals surface area contributed by atoms with E-state index >= 15 is 0 Å². The van der Waals surface area contributed by atoms with Gasteiger partial charge < -0.3 is 20.1 Å². The molecular weight excluding hydrogens is 304 g/mol. The zero-order valence-electron chi connectivity index (χ0n) is 14.4. The fourth-order valence-corrected chi connectivity index (χ4v) is 2.49. The molecule has 0 radical (unpaired) electrons. The highest BCUT2D eigenvalue weighted by atomic mass is 16.5. The largest absolute Gasteiger partial charge is 0.497 e. The summed E-state index contributed by atoms with van der Waals surface area (Å²) in [6, 6.07) is 13.2. The average Bonchev–Trinajstić information content (AvgIpc) is 2.64. The van der Waals surface area contributed by atoms with Crippen LogP contribution in [0.3, 0.4) is 0 Å². The Kier molecular flexibility index (Phi) is 6.63. The van der Waals surface area contributed by atoms with Gasteiger partial charge in [0.15, 0.2) is 0 Å². The van der Waals surface area contributed by atoms with Crippen molar-refractivity contribution in [3.8, 4) is 11.5 Å². The SMILES string of the molecule is CNCCc1ccccc1C(=O)NCc1ccc(OC)cc1OC. The van der Waals surface area contributed by atoms with Crippen molar-refractivity contribution in [3.05, 3.63) is 59.2 Å². The van der Waals surface area contributed by atoms with Crippen LogP contribution >= 0.6 is 0 Å². The smallest absolute Gasteiger partial charge is 0.251 e. The molecule has 2 aromatic rings. The van der Waals surface area contributed by atoms with E-state index in [-0.39, 0.29) is 5.91 Å². The van der Waals surface area contributed by atoms with Crippen LogP contribution in [0, 0.1) is 0 Å². The molecule has 128 valence electrons. The zero-order valence-corrected chi connectivity index (χ0v) is 14.4. The molecule has 0 spiro atoms. The maximum atomic E-state index is 12.5. The molecule has 2 aromatic carbocycles. The van der Waals surface area contributed by atoms with Crippen molar-refractivity contribution in [1.82, 2.24) is 10.6 Å². The fourth-order valence-electron chi connectivity index (χ4n) is 2.49. The molecule has 0 aliphatic heterocycles. The highest BCUT2D eigenvalue weighted by molar-refractivity contribution is 5.95. The molecule has 1 amide bonds. The first-order valence-corrected chi connectivity index (χ1v) is 7.91. The van der Waals surface area contributed by atoms with Crippen molar-refractivity contribution in [2.75, 3.05) is 27.8 Å². The standard InChI is InChI=1S/C19H24N2O3/c1-20-11-10-14-6-4-5-7-17(14)19(22)21-13-15-8-9-16(23-2)12-18(15)24-3/h4-9,12,20H,10-11,13H2,1-3H3,(H,21,22). The monoisotopic (exact) mass is 328 g/mol. The van der Waals surface area contributed by atoms with Gasteiger partial charge in [0.2, 0.25) is 0 Å². The lowest BCUT2D eigenvalue weighted by atomic mass is 10.0. The van der Waals surface area contributed by atoms with Gasteiger partial charge in [-0.25, -0.2) is 0 Å². The van der Waals surface area contributed by atoms with Crippen molar-refractivity contribution in [3.63, 3.8) is 0 Å². The van der Waals surface area contributed by atoms with E-state index < -0.39 is 0 Å². The van der Waals surface area contributed by atoms with Gasteiger partial charge in [0.05, 0.1) is 14.2 Å². The van der Waals surface area contributed by atoms with Gasteiger partial charge in [-0.05, 0) is 43.8 Å². The Morgan fingerprint density at radius 1 is 1.04 bits per heavy atom. The van der Waals surface area contributed by atoms with Crippen molar-refractivity contribution >= 4 is 5.91 Å². The number of ether oxygens (including phenoxy) is 2. The lowest BCUT2D eigenvalue weighted by molar-refractivity contribution is 0.0949. The van der Waals surface area contributed by atoms with Crippen molar-refractivity contribution in [2.24, 2.45) is 0 Å². The van der Waals surface area contributed by atoms with Crippen molar-refractivity contribution in [2.45, 2.75) is 13.0 Å². The minimum absolute atomic E-state index is 0.0837. The van der Waals surface area contributed by atoms with E-state index in [4.69, 9.17) is 9.47 Å². The molecule has 5 heteroatoms. The minimum atomic E-state index is -0.0837. The summed E-state index contributed by atoms with van der Waals surface area (Å²) in [4.78, 5) is 12.5. The van der Waals surface area contributed by atoms with E-state index in [1.54, 1.807) is 14.2 Å². The first-order valence-electron chi connectivity index (χ1n) is 7.91. The summed E-state index contributed by atoms with van der Waals surface area (Å²) in [5, 5.41) is 6.07. The van der Waals surface area contributed by atoms with Crippen molar-refractivity contribution < 1.29 is 14.3 Å². The maximum Gasteiger partial charge on any atom is 0.251 e. The van der Waals surface area contributed by atoms with E-state index in [1.165, 1.54) is 0 Å². The van der Waals surface area contributed by atoms with Gasteiger partial charge in [-0.3, -0.25) is 4.79 Å². The lowest BCUT2D eigenvalue weighted by Crippen LogP contribution is -2.25. The van der Waals surface area contributed by atoms with Crippen LogP contribution in [0.25, 0.3) is 0 Å². The molecular formula is C19H24N2O3. The normalized spacial score (nSPS) is 10.3. The molecule has 0 atom stereocenters. The Bertz CT molecular complexity index is 686. The Labute approximate surface area is 143 Å². The predicted molar refractivity (Wildman–Crippen MR) is 94.8 cm³/mol. The minimum Gasteiger partial charge on any atom is -0.497 e. The van der Waals surface area contributed by atoms with Gasteiger partial charge in [-0.2, -0.15) is 0 Å². The highest BCUT2D eigenvalue weighted by Gasteiger charge is 2.12. The van der Waals surface area contributed by atoms with Crippen LogP contribution in [-0.4, -0.2) is 33.7 Å². The number of hydrogen-bond acceptors (Lipinski definition) is 4. The summed E-state index contributed by atoms with van der Waals surface area (Å²) in [5.41, 5.74) is 2.64. The first-order chi connectivity index (χ1) is 11.7. The summed E-state index contributed by atoms with van der Waals surface area (Å²) in [6.07, 6.45) is 0.811. The molecule has 5 nitrogen and oxygen atoms in total. The second-order valence-corrected chi connectivity index (χ2v) is 5.37. The summed E-state index contributed by atoms with van der Waals surface area (Å²) in [5.74, 6) is 1.33. The highest BCUT2D eigenvalue weighted by Crippen LogP contribution is 2.24. The molecule has 0 aliphatic rings. The quantitative estimate of drug-likeness (QED) is 0.781. The van der Waals surface area contributed by atoms with E-state index in [0.717, 1.165) is 29.8 Å². The van der Waals surface area contributed by atoms with E-state index in [0.29, 0.717) is 17.9 Å². The van der Waals surface area contributed by atoms with Crippen LogP contribution in [0.15, 0.2) is 42.5 Å². The molecule has 0 aromatic heterocycles. The summed E-state index contributed by atoms with van der Waals surface area (Å²) < 4.78 is 10.5. The third-order valence-corrected chi connectivity index (χ3v) is 3.84. The zero-order chi connectivity index (χ0) is 17.4. The van der Waals surface area contributed by atoms with Crippen LogP contribution in [0.2, 0.25) is 0 Å². The van der Waals surface area contributed by atoms with Crippen molar-refractivity contribution in [1.29, 1.82) is 0 Å². The van der Waals surface area contributed by atoms with Gasteiger partial charge in [-0.15, -0.1) is 0 Å². The lowest BCUT2D eigenvalue weighted by Gasteiger charge is -2.13. The van der Waals surface area contributed by atoms with Crippen LogP contribution in [0.1, 0.15) is 21.5 Å². The topological polar surface area (TPSA) is 59.6 Å². The first kappa shape index (κ1) is 17.8. The Balaban J connectivity index is 2.08. The Hall–Kier alpha value is -2.53. The molecule has 0 bridgehead atoms. The summed E-state index contributed by atoms with van der Waals surface area (Å²) in [6.45, 7) is 1.23. The number of benzene rings is 2. The molecule has 0 heterocycles. The molecule has 24 heavy (non-hydrogen) atoms. The number of carbonyl (C=O) groups is 1. The van der Waals surface area contributed by atoms with E-state index in [9.17, 15) is 4.79 Å². The van der Waals surface area contributed by atoms with Gasteiger partial charge in [0.25, 0.3) is 5.91 Å².